The van der Waals surface area contributed by atoms with Gasteiger partial charge in [-0.2, -0.15) is 119 Å². The number of rotatable bonds is 20. The molecule has 568 valence electrons. The third kappa shape index (κ3) is 21.6. The molecule has 1 saturated carbocycles. The lowest BCUT2D eigenvalue weighted by molar-refractivity contribution is -0.408. The Bertz CT molecular complexity index is 2860. The van der Waals surface area contributed by atoms with Gasteiger partial charge in [0, 0.05) is 11.6 Å². The molecule has 0 aromatic rings. The van der Waals surface area contributed by atoms with E-state index in [1.54, 1.807) is 0 Å². The van der Waals surface area contributed by atoms with Crippen LogP contribution < -0.4 is 0 Å². The fraction of sp³-hybridized carbons (Fsp3) is 0.686. The summed E-state index contributed by atoms with van der Waals surface area (Å²) in [6.45, 7) is 5.73. The summed E-state index contributed by atoms with van der Waals surface area (Å²) in [5.74, 6) is -12.7. The summed E-state index contributed by atoms with van der Waals surface area (Å²) in [5, 5.41) is 36.8. The molecule has 0 spiro atoms. The number of carbonyl (C=O) groups is 8. The number of hydrogen-bond acceptors (Lipinski definition) is 20. The van der Waals surface area contributed by atoms with Gasteiger partial charge in [0.15, 0.2) is 48.8 Å². The summed E-state index contributed by atoms with van der Waals surface area (Å²) in [6, 6.07) is 0. The van der Waals surface area contributed by atoms with Gasteiger partial charge in [-0.1, -0.05) is 31.9 Å². The Morgan fingerprint density at radius 1 is 0.398 bits per heavy atom. The van der Waals surface area contributed by atoms with Gasteiger partial charge in [0.2, 0.25) is 0 Å². The second-order valence-electron chi connectivity index (χ2n) is 22.0. The Morgan fingerprint density at radius 2 is 0.643 bits per heavy atom. The standard InChI is InChI=1S/C16H18F6O5.C12H11F9O5.C12H14F6O5.C11H12F6O5/c1-13(2,14(25,15(17,18)19)16(20,21)22)27-11(23)7-26-12(24)10-6-8-3-4-9(10)5-8;1-5(9(13,14)15)7(23)25-4-6(22)26-8(2,3)10(24,11(16,17)18)12(19,20)21;1-6(2)8(20)22-5-7(19)23-9(3,4)10(21,11(13,14)15)12(16,17)18;1-4-6(18)21-5-7(19)22-8(2,3)9(20,10(12,13)14)11(15,16)17/h3-4,8-10,25H,5-7H2,1-2H3;24H,1,4H2,2-3H3;21H,1,5H2,2-4H3;4,20H,1,5H2,2-3H3. The first-order chi connectivity index (χ1) is 42.9. The van der Waals surface area contributed by atoms with E-state index in [-0.39, 0.29) is 72.8 Å². The van der Waals surface area contributed by atoms with Gasteiger partial charge >= 0.3 is 103 Å². The molecule has 0 amide bonds. The third-order valence-corrected chi connectivity index (χ3v) is 13.2. The first-order valence-corrected chi connectivity index (χ1v) is 25.6. The molecule has 20 nitrogen and oxygen atoms in total. The minimum absolute atomic E-state index is 0.0579. The number of hydrogen-bond donors (Lipinski definition) is 4. The molecule has 47 heteroatoms. The number of carbonyl (C=O) groups excluding carboxylic acids is 8. The molecule has 0 aromatic carbocycles. The first-order valence-electron chi connectivity index (χ1n) is 25.6. The average molecular weight is 1500 g/mol. The second kappa shape index (κ2) is 31.1. The van der Waals surface area contributed by atoms with Crippen molar-refractivity contribution in [3.63, 3.8) is 0 Å². The normalized spacial score (nSPS) is 17.0. The van der Waals surface area contributed by atoms with E-state index in [2.05, 4.69) is 57.6 Å². The van der Waals surface area contributed by atoms with Crippen molar-refractivity contribution in [2.45, 2.75) is 176 Å². The van der Waals surface area contributed by atoms with Crippen LogP contribution in [0.2, 0.25) is 0 Å². The van der Waals surface area contributed by atoms with Crippen molar-refractivity contribution < 1.29 is 215 Å². The van der Waals surface area contributed by atoms with Gasteiger partial charge in [0.25, 0.3) is 22.4 Å². The zero-order chi connectivity index (χ0) is 79.0. The van der Waals surface area contributed by atoms with E-state index in [1.165, 1.54) is 6.92 Å². The minimum atomic E-state index is -6.34. The molecule has 4 N–H and O–H groups in total. The van der Waals surface area contributed by atoms with Gasteiger partial charge in [0.1, 0.15) is 5.57 Å². The van der Waals surface area contributed by atoms with Gasteiger partial charge in [0.05, 0.1) is 5.92 Å². The molecule has 2 aliphatic rings. The van der Waals surface area contributed by atoms with Crippen molar-refractivity contribution in [1.82, 2.24) is 0 Å². The molecular weight excluding hydrogens is 1450 g/mol. The highest BCUT2D eigenvalue weighted by atomic mass is 19.5. The van der Waals surface area contributed by atoms with E-state index in [1.807, 2.05) is 12.2 Å². The van der Waals surface area contributed by atoms with Gasteiger partial charge in [-0.05, 0) is 87.0 Å². The predicted octanol–water partition coefficient (Wildman–Crippen LogP) is 9.92. The molecule has 2 rings (SSSR count). The maximum atomic E-state index is 12.9. The van der Waals surface area contributed by atoms with Crippen LogP contribution in [0.25, 0.3) is 0 Å². The van der Waals surface area contributed by atoms with Crippen LogP contribution in [-0.4, -0.2) is 195 Å². The Hall–Kier alpha value is -7.33. The SMILES string of the molecule is C=C(C(=O)OCC(=O)OC(C)(C)C(O)(C(F)(F)F)C(F)(F)F)C(F)(F)F.C=C(C)C(=O)OCC(=O)OC(C)(C)C(O)(C(F)(F)F)C(F)(F)F.C=CC(=O)OCC(=O)OC(C)(C)C(O)(C(F)(F)F)C(F)(F)F.CC(C)(OC(=O)COC(=O)C1CC2C=CC1C2)C(O)(C(F)(F)F)C(F)(F)F. The molecule has 2 bridgehead atoms. The molecule has 0 saturated heterocycles. The van der Waals surface area contributed by atoms with Gasteiger partial charge < -0.3 is 58.3 Å². The highest BCUT2D eigenvalue weighted by Crippen LogP contribution is 2.55. The number of ether oxygens (including phenoxy) is 8. The number of esters is 8. The van der Waals surface area contributed by atoms with Gasteiger partial charge in [-0.25, -0.2) is 33.6 Å². The highest BCUT2D eigenvalue weighted by molar-refractivity contribution is 5.90. The monoisotopic (exact) mass is 1500 g/mol. The fourth-order valence-corrected chi connectivity index (χ4v) is 7.98. The van der Waals surface area contributed by atoms with E-state index in [4.69, 9.17) is 10.2 Å². The van der Waals surface area contributed by atoms with Crippen LogP contribution in [-0.2, 0) is 76.3 Å². The largest absolute Gasteiger partial charge is 0.453 e. The summed E-state index contributed by atoms with van der Waals surface area (Å²) in [5.41, 5.74) is -37.6. The number of fused-ring (bicyclic) bond motifs is 2. The molecule has 0 radical (unpaired) electrons. The Labute approximate surface area is 531 Å². The molecule has 3 atom stereocenters. The Morgan fingerprint density at radius 3 is 0.847 bits per heavy atom. The van der Waals surface area contributed by atoms with Gasteiger partial charge in [-0.15, -0.1) is 0 Å². The number of halogens is 27. The van der Waals surface area contributed by atoms with Crippen LogP contribution in [0, 0.1) is 17.8 Å². The maximum absolute atomic E-state index is 12.9. The van der Waals surface area contributed by atoms with Crippen LogP contribution in [0.15, 0.2) is 49.1 Å². The van der Waals surface area contributed by atoms with Crippen molar-refractivity contribution >= 4 is 47.8 Å². The van der Waals surface area contributed by atoms with Crippen LogP contribution in [0.1, 0.15) is 75.2 Å². The van der Waals surface area contributed by atoms with Crippen LogP contribution in [0.5, 0.6) is 0 Å². The summed E-state index contributed by atoms with van der Waals surface area (Å²) in [7, 11) is 0. The molecule has 3 unspecified atom stereocenters. The lowest BCUT2D eigenvalue weighted by atomic mass is 9.84. The summed E-state index contributed by atoms with van der Waals surface area (Å²) in [6.07, 6.45) is -49.3. The maximum Gasteiger partial charge on any atom is 0.430 e. The average Bonchev–Trinajstić information content (AvgIpc) is 0.924. The summed E-state index contributed by atoms with van der Waals surface area (Å²) < 4.78 is 375. The highest BCUT2D eigenvalue weighted by Gasteiger charge is 2.82. The Kier molecular flexibility index (Phi) is 29.4. The van der Waals surface area contributed by atoms with Crippen LogP contribution in [0.3, 0.4) is 0 Å². The lowest BCUT2D eigenvalue weighted by Gasteiger charge is -2.43. The fourth-order valence-electron chi connectivity index (χ4n) is 7.98. The number of allylic oxidation sites excluding steroid dienone is 2. The van der Waals surface area contributed by atoms with Crippen molar-refractivity contribution in [1.29, 1.82) is 0 Å². The van der Waals surface area contributed by atoms with Crippen molar-refractivity contribution in [2.75, 3.05) is 26.4 Å². The topological polar surface area (TPSA) is 291 Å². The van der Waals surface area contributed by atoms with Crippen molar-refractivity contribution in [2.24, 2.45) is 17.8 Å². The van der Waals surface area contributed by atoms with E-state index < -0.39 is 186 Å². The van der Waals surface area contributed by atoms with Crippen molar-refractivity contribution in [3.8, 4) is 0 Å². The van der Waals surface area contributed by atoms with E-state index in [0.29, 0.717) is 12.5 Å². The van der Waals surface area contributed by atoms with Gasteiger partial charge in [-0.3, -0.25) is 4.79 Å². The quantitative estimate of drug-likeness (QED) is 0.0290. The molecular formula is C51H55F27O20. The van der Waals surface area contributed by atoms with Crippen molar-refractivity contribution in [3.05, 3.63) is 49.1 Å². The summed E-state index contributed by atoms with van der Waals surface area (Å²) >= 11 is 0. The lowest BCUT2D eigenvalue weighted by Crippen LogP contribution is -2.70. The van der Waals surface area contributed by atoms with Crippen LogP contribution in [0.4, 0.5) is 119 Å². The predicted molar refractivity (Wildman–Crippen MR) is 262 cm³/mol. The Balaban J connectivity index is 0. The molecule has 0 heterocycles. The number of alkyl halides is 27. The zero-order valence-electron chi connectivity index (χ0n) is 50.9. The molecule has 98 heavy (non-hydrogen) atoms. The summed E-state index contributed by atoms with van der Waals surface area (Å²) in [4.78, 5) is 90.0. The third-order valence-electron chi connectivity index (χ3n) is 13.2. The second-order valence-corrected chi connectivity index (χ2v) is 22.0. The van der Waals surface area contributed by atoms with E-state index in [0.717, 1.165) is 6.42 Å². The molecule has 0 aliphatic heterocycles. The minimum Gasteiger partial charge on any atom is -0.453 e. The van der Waals surface area contributed by atoms with E-state index >= 15 is 0 Å². The zero-order valence-corrected chi connectivity index (χ0v) is 50.9. The van der Waals surface area contributed by atoms with E-state index in [9.17, 15) is 167 Å². The van der Waals surface area contributed by atoms with Crippen LogP contribution >= 0.6 is 0 Å². The first kappa shape index (κ1) is 92.7. The molecule has 1 fully saturated rings. The number of aliphatic hydroxyl groups is 4. The molecule has 0 aromatic heterocycles. The molecule has 2 aliphatic carbocycles. The smallest absolute Gasteiger partial charge is 0.430 e.